The molecule has 0 aliphatic carbocycles. The molecular formula is C21H19ClN4O3. The fourth-order valence-electron chi connectivity index (χ4n) is 3.56. The molecule has 1 fully saturated rings. The van der Waals surface area contributed by atoms with Gasteiger partial charge in [0.15, 0.2) is 0 Å². The molecule has 2 aromatic rings. The molecule has 29 heavy (non-hydrogen) atoms. The first-order valence-electron chi connectivity index (χ1n) is 9.07. The van der Waals surface area contributed by atoms with Crippen LogP contribution in [0.1, 0.15) is 5.56 Å². The lowest BCUT2D eigenvalue weighted by molar-refractivity contribution is -0.122. The number of rotatable bonds is 3. The van der Waals surface area contributed by atoms with Gasteiger partial charge in [-0.3, -0.25) is 9.59 Å². The monoisotopic (exact) mass is 410 g/mol. The Balaban J connectivity index is 1.56. The Morgan fingerprint density at radius 2 is 1.72 bits per heavy atom. The lowest BCUT2D eigenvalue weighted by atomic mass is 9.99. The summed E-state index contributed by atoms with van der Waals surface area (Å²) in [6, 6.07) is 11.8. The van der Waals surface area contributed by atoms with Gasteiger partial charge < -0.3 is 15.5 Å². The predicted molar refractivity (Wildman–Crippen MR) is 111 cm³/mol. The van der Waals surface area contributed by atoms with Crippen LogP contribution >= 0.6 is 11.6 Å². The number of nitrogens with one attached hydrogen (secondary N) is 2. The van der Waals surface area contributed by atoms with Crippen LogP contribution in [0.2, 0.25) is 5.02 Å². The number of urea groups is 1. The van der Waals surface area contributed by atoms with Crippen LogP contribution in [-0.4, -0.2) is 41.9 Å². The summed E-state index contributed by atoms with van der Waals surface area (Å²) in [5.41, 5.74) is 2.47. The highest BCUT2D eigenvalue weighted by molar-refractivity contribution is 6.30. The first-order chi connectivity index (χ1) is 13.8. The molecule has 2 aliphatic heterocycles. The highest BCUT2D eigenvalue weighted by atomic mass is 35.5. The largest absolute Gasteiger partial charge is 0.366 e. The number of aryl methyl sites for hydroxylation is 1. The average Bonchev–Trinajstić information content (AvgIpc) is 3.01. The van der Waals surface area contributed by atoms with E-state index in [2.05, 4.69) is 10.6 Å². The number of imide groups is 1. The minimum Gasteiger partial charge on any atom is -0.366 e. The van der Waals surface area contributed by atoms with Gasteiger partial charge in [-0.15, -0.1) is 0 Å². The van der Waals surface area contributed by atoms with E-state index in [-0.39, 0.29) is 5.91 Å². The Morgan fingerprint density at radius 3 is 2.38 bits per heavy atom. The van der Waals surface area contributed by atoms with Crippen molar-refractivity contribution >= 4 is 40.8 Å². The molecule has 2 unspecified atom stereocenters. The van der Waals surface area contributed by atoms with Crippen molar-refractivity contribution < 1.29 is 14.4 Å². The minimum absolute atomic E-state index is 0.329. The van der Waals surface area contributed by atoms with Gasteiger partial charge in [0, 0.05) is 24.0 Å². The molecule has 2 heterocycles. The molecule has 1 saturated heterocycles. The van der Waals surface area contributed by atoms with Crippen molar-refractivity contribution in [2.45, 2.75) is 19.0 Å². The van der Waals surface area contributed by atoms with Crippen LogP contribution in [-0.2, 0) is 9.59 Å². The molecule has 8 heteroatoms. The maximum Gasteiger partial charge on any atom is 0.329 e. The summed E-state index contributed by atoms with van der Waals surface area (Å²) in [6.45, 7) is 1.96. The van der Waals surface area contributed by atoms with E-state index in [1.54, 1.807) is 54.5 Å². The van der Waals surface area contributed by atoms with Crippen LogP contribution in [0.25, 0.3) is 0 Å². The summed E-state index contributed by atoms with van der Waals surface area (Å²) in [6.07, 6.45) is 1.60. The highest BCUT2D eigenvalue weighted by Crippen LogP contribution is 2.30. The molecule has 2 aliphatic rings. The van der Waals surface area contributed by atoms with Gasteiger partial charge in [0.05, 0.1) is 17.3 Å². The Morgan fingerprint density at radius 1 is 1.07 bits per heavy atom. The molecule has 0 saturated carbocycles. The van der Waals surface area contributed by atoms with Crippen LogP contribution in [0, 0.1) is 6.92 Å². The summed E-state index contributed by atoms with van der Waals surface area (Å²) in [7, 11) is 1.71. The van der Waals surface area contributed by atoms with Crippen LogP contribution in [0.5, 0.6) is 0 Å². The number of amides is 4. The van der Waals surface area contributed by atoms with E-state index in [4.69, 9.17) is 11.6 Å². The summed E-state index contributed by atoms with van der Waals surface area (Å²) in [4.78, 5) is 41.3. The van der Waals surface area contributed by atoms with Crippen molar-refractivity contribution in [2.75, 3.05) is 17.3 Å². The first-order valence-corrected chi connectivity index (χ1v) is 9.44. The number of hydrogen-bond acceptors (Lipinski definition) is 4. The molecule has 0 bridgehead atoms. The van der Waals surface area contributed by atoms with Crippen molar-refractivity contribution in [2.24, 2.45) is 0 Å². The topological polar surface area (TPSA) is 81.8 Å². The SMILES string of the molecule is Cc1ccc(NC(=O)C2=CN(C)C3C(=O)N(c4ccc(Cl)cc4)C(=O)NC23)cc1. The molecular weight excluding hydrogens is 392 g/mol. The third-order valence-corrected chi connectivity index (χ3v) is 5.30. The maximum atomic E-state index is 13.1. The molecule has 2 N–H and O–H groups in total. The second-order valence-corrected chi connectivity index (χ2v) is 7.53. The second kappa shape index (κ2) is 7.25. The smallest absolute Gasteiger partial charge is 0.329 e. The van der Waals surface area contributed by atoms with E-state index in [1.165, 1.54) is 0 Å². The molecule has 148 valence electrons. The quantitative estimate of drug-likeness (QED) is 0.815. The fourth-order valence-corrected chi connectivity index (χ4v) is 3.69. The Labute approximate surface area is 172 Å². The van der Waals surface area contributed by atoms with Crippen molar-refractivity contribution in [3.05, 3.63) is 70.9 Å². The van der Waals surface area contributed by atoms with Gasteiger partial charge >= 0.3 is 6.03 Å². The maximum absolute atomic E-state index is 13.1. The van der Waals surface area contributed by atoms with Crippen molar-refractivity contribution in [3.8, 4) is 0 Å². The number of benzene rings is 2. The molecule has 0 radical (unpaired) electrons. The number of carbonyl (C=O) groups is 3. The van der Waals surface area contributed by atoms with Gasteiger partial charge in [0.1, 0.15) is 6.04 Å². The zero-order valence-electron chi connectivity index (χ0n) is 15.8. The van der Waals surface area contributed by atoms with Crippen LogP contribution in [0.4, 0.5) is 16.2 Å². The summed E-state index contributed by atoms with van der Waals surface area (Å²) >= 11 is 5.90. The van der Waals surface area contributed by atoms with E-state index < -0.39 is 24.0 Å². The zero-order chi connectivity index (χ0) is 20.7. The highest BCUT2D eigenvalue weighted by Gasteiger charge is 2.49. The molecule has 0 aromatic heterocycles. The lowest BCUT2D eigenvalue weighted by Crippen LogP contribution is -2.65. The molecule has 7 nitrogen and oxygen atoms in total. The van der Waals surface area contributed by atoms with E-state index in [0.717, 1.165) is 10.5 Å². The number of likely N-dealkylation sites (N-methyl/N-ethyl adjacent to an activating group) is 1. The summed E-state index contributed by atoms with van der Waals surface area (Å²) in [5.74, 6) is -0.765. The summed E-state index contributed by atoms with van der Waals surface area (Å²) in [5, 5.41) is 6.12. The number of halogens is 1. The predicted octanol–water partition coefficient (Wildman–Crippen LogP) is 2.91. The second-order valence-electron chi connectivity index (χ2n) is 7.09. The molecule has 2 atom stereocenters. The number of fused-ring (bicyclic) bond motifs is 1. The summed E-state index contributed by atoms with van der Waals surface area (Å²) < 4.78 is 0. The van der Waals surface area contributed by atoms with Crippen LogP contribution in [0.3, 0.4) is 0 Å². The van der Waals surface area contributed by atoms with Gasteiger partial charge in [-0.1, -0.05) is 29.3 Å². The van der Waals surface area contributed by atoms with E-state index >= 15 is 0 Å². The normalized spacial score (nSPS) is 20.9. The van der Waals surface area contributed by atoms with Gasteiger partial charge in [0.25, 0.3) is 11.8 Å². The lowest BCUT2D eigenvalue weighted by Gasteiger charge is -2.37. The van der Waals surface area contributed by atoms with Crippen LogP contribution in [0.15, 0.2) is 60.3 Å². The average molecular weight is 411 g/mol. The number of hydrogen-bond donors (Lipinski definition) is 2. The standard InChI is InChI=1S/C21H19ClN4O3/c1-12-3-7-14(8-4-12)23-19(27)16-11-25(2)18-17(16)24-21(29)26(20(18)28)15-9-5-13(22)6-10-15/h3-11,17-18H,1-2H3,(H,23,27)(H,24,29). The molecule has 0 spiro atoms. The number of nitrogens with zero attached hydrogens (tertiary/aromatic N) is 2. The van der Waals surface area contributed by atoms with Gasteiger partial charge in [0.2, 0.25) is 0 Å². The fraction of sp³-hybridized carbons (Fsp3) is 0.190. The molecule has 4 amide bonds. The first kappa shape index (κ1) is 19.0. The molecule has 4 rings (SSSR count). The van der Waals surface area contributed by atoms with Gasteiger partial charge in [-0.25, -0.2) is 9.69 Å². The van der Waals surface area contributed by atoms with E-state index in [9.17, 15) is 14.4 Å². The zero-order valence-corrected chi connectivity index (χ0v) is 16.6. The minimum atomic E-state index is -0.728. The Kier molecular flexibility index (Phi) is 4.76. The Hall–Kier alpha value is -3.32. The van der Waals surface area contributed by atoms with Crippen molar-refractivity contribution in [1.29, 1.82) is 0 Å². The van der Waals surface area contributed by atoms with E-state index in [1.807, 2.05) is 19.1 Å². The van der Waals surface area contributed by atoms with Gasteiger partial charge in [-0.2, -0.15) is 0 Å². The molecule has 2 aromatic carbocycles. The third kappa shape index (κ3) is 3.45. The number of anilines is 2. The van der Waals surface area contributed by atoms with Crippen LogP contribution < -0.4 is 15.5 Å². The van der Waals surface area contributed by atoms with Crippen molar-refractivity contribution in [1.82, 2.24) is 10.2 Å². The number of carbonyl (C=O) groups excluding carboxylic acids is 3. The van der Waals surface area contributed by atoms with Gasteiger partial charge in [-0.05, 0) is 43.3 Å². The Bertz CT molecular complexity index is 1020. The third-order valence-electron chi connectivity index (χ3n) is 5.04. The van der Waals surface area contributed by atoms with E-state index in [0.29, 0.717) is 22.0 Å². The van der Waals surface area contributed by atoms with Crippen molar-refractivity contribution in [3.63, 3.8) is 0 Å².